The van der Waals surface area contributed by atoms with Gasteiger partial charge in [-0.15, -0.1) is 0 Å². The van der Waals surface area contributed by atoms with Gasteiger partial charge >= 0.3 is 6.09 Å². The number of aromatic nitrogens is 1. The van der Waals surface area contributed by atoms with E-state index in [2.05, 4.69) is 16.0 Å². The van der Waals surface area contributed by atoms with E-state index in [1.54, 1.807) is 0 Å². The Morgan fingerprint density at radius 3 is 2.73 bits per heavy atom. The van der Waals surface area contributed by atoms with E-state index in [-0.39, 0.29) is 11.7 Å². The van der Waals surface area contributed by atoms with Gasteiger partial charge in [-0.25, -0.2) is 4.79 Å². The third-order valence-corrected chi connectivity index (χ3v) is 4.58. The van der Waals surface area contributed by atoms with Gasteiger partial charge in [-0.2, -0.15) is 0 Å². The molecule has 1 amide bonds. The van der Waals surface area contributed by atoms with Crippen LogP contribution in [0.2, 0.25) is 0 Å². The average Bonchev–Trinajstić information content (AvgIpc) is 3.26. The van der Waals surface area contributed by atoms with Crippen LogP contribution in [0.1, 0.15) is 31.7 Å². The quantitative estimate of drug-likeness (QED) is 0.837. The summed E-state index contributed by atoms with van der Waals surface area (Å²) < 4.78 is 5.52. The van der Waals surface area contributed by atoms with Crippen molar-refractivity contribution >= 4 is 6.09 Å². The number of nitrogens with zero attached hydrogens (tertiary/aromatic N) is 3. The molecular weight excluding hydrogens is 278 g/mol. The van der Waals surface area contributed by atoms with Gasteiger partial charge < -0.3 is 9.64 Å². The maximum absolute atomic E-state index is 12.0. The Morgan fingerprint density at radius 2 is 2.09 bits per heavy atom. The standard InChI is InChI=1S/C17H25N3O2/c1-17(6-7-17)22-16(21)20-12-10-19(11-13-20)9-3-5-15-4-2-8-18-14-15/h2,4,8,14H,3,5-7,9-13H2,1H3. The number of carbonyl (C=O) groups excluding carboxylic acids is 1. The molecule has 1 aliphatic carbocycles. The summed E-state index contributed by atoms with van der Waals surface area (Å²) >= 11 is 0. The molecule has 1 aliphatic heterocycles. The highest BCUT2D eigenvalue weighted by Crippen LogP contribution is 2.39. The first kappa shape index (κ1) is 15.3. The van der Waals surface area contributed by atoms with Gasteiger partial charge in [0.05, 0.1) is 0 Å². The molecule has 0 N–H and O–H groups in total. The molecule has 1 aromatic heterocycles. The molecule has 0 unspecified atom stereocenters. The first-order valence-electron chi connectivity index (χ1n) is 8.24. The Kier molecular flexibility index (Phi) is 4.62. The minimum Gasteiger partial charge on any atom is -0.443 e. The third-order valence-electron chi connectivity index (χ3n) is 4.58. The van der Waals surface area contributed by atoms with Crippen LogP contribution in [-0.4, -0.2) is 59.2 Å². The van der Waals surface area contributed by atoms with E-state index >= 15 is 0 Å². The molecule has 2 heterocycles. The van der Waals surface area contributed by atoms with Gasteiger partial charge in [0, 0.05) is 38.6 Å². The highest BCUT2D eigenvalue weighted by atomic mass is 16.6. The van der Waals surface area contributed by atoms with Crippen molar-refractivity contribution in [3.05, 3.63) is 30.1 Å². The zero-order chi connectivity index (χ0) is 15.4. The number of carbonyl (C=O) groups is 1. The number of amides is 1. The maximum atomic E-state index is 12.0. The van der Waals surface area contributed by atoms with Crippen molar-refractivity contribution in [1.29, 1.82) is 0 Å². The molecule has 1 aromatic rings. The second-order valence-electron chi connectivity index (χ2n) is 6.61. The van der Waals surface area contributed by atoms with Crippen LogP contribution < -0.4 is 0 Å². The van der Waals surface area contributed by atoms with Crippen molar-refractivity contribution in [2.75, 3.05) is 32.7 Å². The van der Waals surface area contributed by atoms with Crippen LogP contribution in [0.15, 0.2) is 24.5 Å². The number of ether oxygens (including phenoxy) is 1. The number of pyridine rings is 1. The summed E-state index contributed by atoms with van der Waals surface area (Å²) in [5, 5.41) is 0. The molecular formula is C17H25N3O2. The molecule has 0 spiro atoms. The van der Waals surface area contributed by atoms with Gasteiger partial charge in [-0.05, 0) is 50.8 Å². The molecule has 22 heavy (non-hydrogen) atoms. The van der Waals surface area contributed by atoms with Crippen LogP contribution in [-0.2, 0) is 11.2 Å². The third kappa shape index (κ3) is 4.19. The van der Waals surface area contributed by atoms with E-state index in [1.165, 1.54) is 5.56 Å². The van der Waals surface area contributed by atoms with E-state index in [4.69, 9.17) is 4.74 Å². The Balaban J connectivity index is 1.34. The number of piperazine rings is 1. The van der Waals surface area contributed by atoms with Crippen LogP contribution in [0.25, 0.3) is 0 Å². The summed E-state index contributed by atoms with van der Waals surface area (Å²) in [6, 6.07) is 4.11. The van der Waals surface area contributed by atoms with Crippen LogP contribution >= 0.6 is 0 Å². The SMILES string of the molecule is CC1(OC(=O)N2CCN(CCCc3cccnc3)CC2)CC1. The summed E-state index contributed by atoms with van der Waals surface area (Å²) in [5.74, 6) is 0. The largest absolute Gasteiger partial charge is 0.443 e. The Hall–Kier alpha value is -1.62. The van der Waals surface area contributed by atoms with Crippen LogP contribution in [0.4, 0.5) is 4.79 Å². The minimum atomic E-state index is -0.169. The normalized spacial score (nSPS) is 20.7. The molecule has 0 aromatic carbocycles. The summed E-state index contributed by atoms with van der Waals surface area (Å²) in [6.07, 6.45) is 7.83. The van der Waals surface area contributed by atoms with Gasteiger partial charge in [0.15, 0.2) is 0 Å². The lowest BCUT2D eigenvalue weighted by molar-refractivity contribution is 0.0425. The molecule has 5 heteroatoms. The predicted octanol–water partition coefficient (Wildman–Crippen LogP) is 2.32. The molecule has 5 nitrogen and oxygen atoms in total. The molecule has 0 atom stereocenters. The van der Waals surface area contributed by atoms with Gasteiger partial charge in [0.2, 0.25) is 0 Å². The van der Waals surface area contributed by atoms with Crippen molar-refractivity contribution in [3.63, 3.8) is 0 Å². The summed E-state index contributed by atoms with van der Waals surface area (Å²) in [6.45, 7) is 6.54. The monoisotopic (exact) mass is 303 g/mol. The van der Waals surface area contributed by atoms with E-state index in [0.717, 1.165) is 58.4 Å². The Labute approximate surface area is 132 Å². The van der Waals surface area contributed by atoms with Crippen molar-refractivity contribution in [2.45, 2.75) is 38.2 Å². The molecule has 2 fully saturated rings. The second-order valence-corrected chi connectivity index (χ2v) is 6.61. The fraction of sp³-hybridized carbons (Fsp3) is 0.647. The first-order valence-corrected chi connectivity index (χ1v) is 8.24. The first-order chi connectivity index (χ1) is 10.6. The number of aryl methyl sites for hydroxylation is 1. The van der Waals surface area contributed by atoms with Gasteiger partial charge in [0.25, 0.3) is 0 Å². The van der Waals surface area contributed by atoms with E-state index in [1.807, 2.05) is 30.3 Å². The predicted molar refractivity (Wildman–Crippen MR) is 84.7 cm³/mol. The summed E-state index contributed by atoms with van der Waals surface area (Å²) in [4.78, 5) is 20.5. The zero-order valence-corrected chi connectivity index (χ0v) is 13.3. The fourth-order valence-corrected chi connectivity index (χ4v) is 2.76. The van der Waals surface area contributed by atoms with Crippen molar-refractivity contribution in [1.82, 2.24) is 14.8 Å². The lowest BCUT2D eigenvalue weighted by Crippen LogP contribution is -2.49. The van der Waals surface area contributed by atoms with Gasteiger partial charge in [-0.1, -0.05) is 6.07 Å². The van der Waals surface area contributed by atoms with Crippen molar-refractivity contribution in [3.8, 4) is 0 Å². The van der Waals surface area contributed by atoms with E-state index in [0.29, 0.717) is 0 Å². The lowest BCUT2D eigenvalue weighted by atomic mass is 10.1. The van der Waals surface area contributed by atoms with Crippen LogP contribution in [0.3, 0.4) is 0 Å². The minimum absolute atomic E-state index is 0.130. The van der Waals surface area contributed by atoms with E-state index < -0.39 is 0 Å². The molecule has 1 saturated carbocycles. The van der Waals surface area contributed by atoms with Crippen LogP contribution in [0.5, 0.6) is 0 Å². The molecule has 1 saturated heterocycles. The van der Waals surface area contributed by atoms with E-state index in [9.17, 15) is 4.79 Å². The smallest absolute Gasteiger partial charge is 0.410 e. The van der Waals surface area contributed by atoms with Gasteiger partial charge in [0.1, 0.15) is 5.60 Å². The molecule has 120 valence electrons. The number of rotatable bonds is 5. The van der Waals surface area contributed by atoms with Crippen LogP contribution in [0, 0.1) is 0 Å². The summed E-state index contributed by atoms with van der Waals surface area (Å²) in [7, 11) is 0. The topological polar surface area (TPSA) is 45.7 Å². The molecule has 3 rings (SSSR count). The number of hydrogen-bond acceptors (Lipinski definition) is 4. The molecule has 2 aliphatic rings. The number of hydrogen-bond donors (Lipinski definition) is 0. The lowest BCUT2D eigenvalue weighted by Gasteiger charge is -2.34. The fourth-order valence-electron chi connectivity index (χ4n) is 2.76. The maximum Gasteiger partial charge on any atom is 0.410 e. The summed E-state index contributed by atoms with van der Waals surface area (Å²) in [5.41, 5.74) is 1.13. The van der Waals surface area contributed by atoms with Crippen molar-refractivity contribution < 1.29 is 9.53 Å². The van der Waals surface area contributed by atoms with Crippen molar-refractivity contribution in [2.24, 2.45) is 0 Å². The zero-order valence-electron chi connectivity index (χ0n) is 13.3. The Bertz CT molecular complexity index is 494. The highest BCUT2D eigenvalue weighted by molar-refractivity contribution is 5.68. The molecule has 0 radical (unpaired) electrons. The molecule has 0 bridgehead atoms. The Morgan fingerprint density at radius 1 is 1.32 bits per heavy atom. The average molecular weight is 303 g/mol. The second kappa shape index (κ2) is 6.65. The highest BCUT2D eigenvalue weighted by Gasteiger charge is 2.42. The van der Waals surface area contributed by atoms with Gasteiger partial charge in [-0.3, -0.25) is 9.88 Å².